The first kappa shape index (κ1) is 18.8. The van der Waals surface area contributed by atoms with Crippen LogP contribution in [0.5, 0.6) is 0 Å². The van der Waals surface area contributed by atoms with Gasteiger partial charge in [-0.05, 0) is 18.9 Å². The van der Waals surface area contributed by atoms with Crippen LogP contribution in [0.4, 0.5) is 8.78 Å². The molecule has 1 aromatic carbocycles. The Morgan fingerprint density at radius 2 is 2.08 bits per heavy atom. The van der Waals surface area contributed by atoms with Crippen LogP contribution in [0.1, 0.15) is 37.8 Å². The fraction of sp³-hybridized carbons (Fsp3) is 0.471. The molecule has 0 unspecified atom stereocenters. The second-order valence-corrected chi connectivity index (χ2v) is 6.14. The predicted molar refractivity (Wildman–Crippen MR) is 84.5 cm³/mol. The number of amides is 2. The van der Waals surface area contributed by atoms with E-state index in [4.69, 9.17) is 5.11 Å². The molecule has 8 heteroatoms. The van der Waals surface area contributed by atoms with Crippen LogP contribution in [-0.4, -0.2) is 40.9 Å². The van der Waals surface area contributed by atoms with Crippen molar-refractivity contribution in [3.8, 4) is 0 Å². The number of carbonyl (C=O) groups excluding carboxylic acids is 2. The lowest BCUT2D eigenvalue weighted by atomic mass is 9.96. The molecule has 0 spiro atoms. The summed E-state index contributed by atoms with van der Waals surface area (Å²) in [5.74, 6) is -4.03. The smallest absolute Gasteiger partial charge is 0.308 e. The zero-order valence-corrected chi connectivity index (χ0v) is 13.8. The molecule has 1 aromatic rings. The summed E-state index contributed by atoms with van der Waals surface area (Å²) in [6, 6.07) is 1.99. The highest BCUT2D eigenvalue weighted by atomic mass is 19.1. The molecule has 0 aromatic heterocycles. The second kappa shape index (κ2) is 8.04. The van der Waals surface area contributed by atoms with Gasteiger partial charge in [0.2, 0.25) is 11.8 Å². The minimum atomic E-state index is -0.958. The molecule has 1 saturated heterocycles. The van der Waals surface area contributed by atoms with Crippen molar-refractivity contribution in [1.82, 2.24) is 10.2 Å². The maximum Gasteiger partial charge on any atom is 0.308 e. The molecule has 136 valence electrons. The summed E-state index contributed by atoms with van der Waals surface area (Å²) < 4.78 is 27.1. The highest BCUT2D eigenvalue weighted by molar-refractivity contribution is 5.80. The lowest BCUT2D eigenvalue weighted by Gasteiger charge is -2.32. The number of piperidine rings is 1. The lowest BCUT2D eigenvalue weighted by Crippen LogP contribution is -2.43. The highest BCUT2D eigenvalue weighted by Crippen LogP contribution is 2.24. The van der Waals surface area contributed by atoms with Crippen LogP contribution in [0.3, 0.4) is 0 Å². The van der Waals surface area contributed by atoms with Gasteiger partial charge in [-0.15, -0.1) is 0 Å². The van der Waals surface area contributed by atoms with Gasteiger partial charge in [-0.1, -0.05) is 6.07 Å². The van der Waals surface area contributed by atoms with Crippen molar-refractivity contribution in [2.24, 2.45) is 5.92 Å². The average molecular weight is 354 g/mol. The van der Waals surface area contributed by atoms with Crippen molar-refractivity contribution in [3.63, 3.8) is 0 Å². The van der Waals surface area contributed by atoms with Crippen molar-refractivity contribution < 1.29 is 28.3 Å². The zero-order valence-electron chi connectivity index (χ0n) is 13.8. The standard InChI is InChI=1S/C17H20F2N2O4/c1-10(22)20-15(13-5-4-12(18)7-14(13)19)8-16(23)21-6-2-3-11(9-21)17(24)25/h4-5,7,11,15H,2-3,6,8-9H2,1H3,(H,20,22)(H,24,25)/t11-,15+/m1/s1. The Hall–Kier alpha value is -2.51. The first-order valence-corrected chi connectivity index (χ1v) is 8.00. The minimum Gasteiger partial charge on any atom is -0.481 e. The monoisotopic (exact) mass is 354 g/mol. The first-order valence-electron chi connectivity index (χ1n) is 8.00. The molecule has 0 bridgehead atoms. The van der Waals surface area contributed by atoms with Crippen molar-refractivity contribution in [1.29, 1.82) is 0 Å². The van der Waals surface area contributed by atoms with Gasteiger partial charge in [0.05, 0.1) is 18.4 Å². The molecule has 0 saturated carbocycles. The molecule has 1 aliphatic rings. The predicted octanol–water partition coefficient (Wildman–Crippen LogP) is 1.86. The number of aliphatic carboxylic acids is 1. The van der Waals surface area contributed by atoms with Gasteiger partial charge in [-0.25, -0.2) is 8.78 Å². The number of carboxylic acid groups (broad SMARTS) is 1. The minimum absolute atomic E-state index is 0.0109. The van der Waals surface area contributed by atoms with E-state index < -0.39 is 35.5 Å². The van der Waals surface area contributed by atoms with Crippen molar-refractivity contribution in [2.45, 2.75) is 32.2 Å². The summed E-state index contributed by atoms with van der Waals surface area (Å²) in [7, 11) is 0. The number of likely N-dealkylation sites (tertiary alicyclic amines) is 1. The second-order valence-electron chi connectivity index (χ2n) is 6.14. The quantitative estimate of drug-likeness (QED) is 0.845. The van der Waals surface area contributed by atoms with Gasteiger partial charge in [0.1, 0.15) is 11.6 Å². The topological polar surface area (TPSA) is 86.7 Å². The molecule has 2 N–H and O–H groups in total. The van der Waals surface area contributed by atoms with Crippen LogP contribution in [0.2, 0.25) is 0 Å². The Labute approximate surface area is 143 Å². The maximum atomic E-state index is 14.0. The van der Waals surface area contributed by atoms with Gasteiger partial charge >= 0.3 is 5.97 Å². The number of nitrogens with one attached hydrogen (secondary N) is 1. The Morgan fingerprint density at radius 1 is 1.36 bits per heavy atom. The number of rotatable bonds is 5. The van der Waals surface area contributed by atoms with E-state index in [-0.39, 0.29) is 24.4 Å². The van der Waals surface area contributed by atoms with Gasteiger partial charge < -0.3 is 15.3 Å². The zero-order chi connectivity index (χ0) is 18.6. The normalized spacial score (nSPS) is 18.5. The summed E-state index contributed by atoms with van der Waals surface area (Å²) in [6.07, 6.45) is 0.841. The molecule has 2 atom stereocenters. The average Bonchev–Trinajstić information content (AvgIpc) is 2.54. The summed E-state index contributed by atoms with van der Waals surface area (Å²) in [4.78, 5) is 36.4. The van der Waals surface area contributed by atoms with Crippen LogP contribution < -0.4 is 5.32 Å². The van der Waals surface area contributed by atoms with Crippen LogP contribution >= 0.6 is 0 Å². The molecule has 1 aliphatic heterocycles. The van der Waals surface area contributed by atoms with E-state index in [1.54, 1.807) is 0 Å². The molecule has 1 fully saturated rings. The molecule has 1 heterocycles. The molecular weight excluding hydrogens is 334 g/mol. The summed E-state index contributed by atoms with van der Waals surface area (Å²) in [6.45, 7) is 1.74. The molecule has 6 nitrogen and oxygen atoms in total. The molecule has 0 aliphatic carbocycles. The van der Waals surface area contributed by atoms with E-state index in [1.165, 1.54) is 17.9 Å². The van der Waals surface area contributed by atoms with Crippen LogP contribution in [0.25, 0.3) is 0 Å². The fourth-order valence-electron chi connectivity index (χ4n) is 2.98. The number of carbonyl (C=O) groups is 3. The van der Waals surface area contributed by atoms with Crippen molar-refractivity contribution in [3.05, 3.63) is 35.4 Å². The summed E-state index contributed by atoms with van der Waals surface area (Å²) in [5.41, 5.74) is 0.0109. The number of halogens is 2. The van der Waals surface area contributed by atoms with E-state index in [0.717, 1.165) is 6.07 Å². The SMILES string of the molecule is CC(=O)N[C@@H](CC(=O)N1CCC[C@@H](C(=O)O)C1)c1ccc(F)cc1F. The fourth-order valence-corrected chi connectivity index (χ4v) is 2.98. The highest BCUT2D eigenvalue weighted by Gasteiger charge is 2.30. The van der Waals surface area contributed by atoms with Crippen molar-refractivity contribution >= 4 is 17.8 Å². The van der Waals surface area contributed by atoms with Crippen LogP contribution in [0, 0.1) is 17.6 Å². The van der Waals surface area contributed by atoms with Gasteiger partial charge in [0, 0.05) is 31.6 Å². The Bertz CT molecular complexity index is 681. The van der Waals surface area contributed by atoms with Crippen LogP contribution in [-0.2, 0) is 14.4 Å². The van der Waals surface area contributed by atoms with E-state index >= 15 is 0 Å². The molecular formula is C17H20F2N2O4. The summed E-state index contributed by atoms with van der Waals surface area (Å²) in [5, 5.41) is 11.6. The number of hydrogen-bond donors (Lipinski definition) is 2. The van der Waals surface area contributed by atoms with Gasteiger partial charge in [-0.3, -0.25) is 14.4 Å². The summed E-state index contributed by atoms with van der Waals surface area (Å²) >= 11 is 0. The van der Waals surface area contributed by atoms with E-state index in [0.29, 0.717) is 25.5 Å². The molecule has 2 amide bonds. The largest absolute Gasteiger partial charge is 0.481 e. The Kier molecular flexibility index (Phi) is 6.06. The number of hydrogen-bond acceptors (Lipinski definition) is 3. The number of carboxylic acids is 1. The van der Waals surface area contributed by atoms with E-state index in [2.05, 4.69) is 5.32 Å². The molecule has 0 radical (unpaired) electrons. The third-order valence-corrected chi connectivity index (χ3v) is 4.22. The lowest BCUT2D eigenvalue weighted by molar-refractivity contribution is -0.145. The number of benzene rings is 1. The molecule has 2 rings (SSSR count). The van der Waals surface area contributed by atoms with E-state index in [9.17, 15) is 23.2 Å². The van der Waals surface area contributed by atoms with Gasteiger partial charge in [0.15, 0.2) is 0 Å². The maximum absolute atomic E-state index is 14.0. The van der Waals surface area contributed by atoms with Crippen LogP contribution in [0.15, 0.2) is 18.2 Å². The third kappa shape index (κ3) is 4.98. The van der Waals surface area contributed by atoms with Crippen molar-refractivity contribution in [2.75, 3.05) is 13.1 Å². The Morgan fingerprint density at radius 3 is 2.68 bits per heavy atom. The molecule has 25 heavy (non-hydrogen) atoms. The number of nitrogens with zero attached hydrogens (tertiary/aromatic N) is 1. The Balaban J connectivity index is 2.14. The third-order valence-electron chi connectivity index (χ3n) is 4.22. The van der Waals surface area contributed by atoms with E-state index in [1.807, 2.05) is 0 Å². The van der Waals surface area contributed by atoms with Gasteiger partial charge in [-0.2, -0.15) is 0 Å². The van der Waals surface area contributed by atoms with Gasteiger partial charge in [0.25, 0.3) is 0 Å². The first-order chi connectivity index (χ1) is 11.8.